The van der Waals surface area contributed by atoms with E-state index in [9.17, 15) is 0 Å². The molecule has 1 saturated heterocycles. The van der Waals surface area contributed by atoms with E-state index in [4.69, 9.17) is 4.99 Å². The van der Waals surface area contributed by atoms with Crippen LogP contribution in [0.5, 0.6) is 0 Å². The summed E-state index contributed by atoms with van der Waals surface area (Å²) in [5, 5.41) is 3.48. The molecule has 0 saturated carbocycles. The number of benzene rings is 2. The van der Waals surface area contributed by atoms with Gasteiger partial charge in [-0.2, -0.15) is 12.1 Å². The van der Waals surface area contributed by atoms with Gasteiger partial charge in [0.1, 0.15) is 5.84 Å². The number of nitrogens with zero attached hydrogens (tertiary/aromatic N) is 2. The molecular weight excluding hydrogens is 413 g/mol. The molecule has 2 aromatic carbocycles. The Morgan fingerprint density at radius 3 is 2.79 bits per heavy atom. The second-order valence-corrected chi connectivity index (χ2v) is 7.72. The molecule has 1 N–H and O–H groups in total. The summed E-state index contributed by atoms with van der Waals surface area (Å²) in [5.74, 6) is 0.835. The normalized spacial score (nSPS) is 17.3. The molecule has 5 heteroatoms. The van der Waals surface area contributed by atoms with Crippen LogP contribution in [-0.4, -0.2) is 18.4 Å². The maximum Gasteiger partial charge on any atom is 2.00 e. The zero-order chi connectivity index (χ0) is 19.9. The number of rotatable bonds is 5. The molecule has 1 radical (unpaired) electrons. The SMILES string of the molecule is [CH2-]C1CCCCN1c1[c-]cc(C)c(C(=N/C=C/CC)Nc2ccc(S)cc2)c1.[V+2]. The Bertz CT molecular complexity index is 846. The van der Waals surface area contributed by atoms with Gasteiger partial charge >= 0.3 is 18.6 Å². The summed E-state index contributed by atoms with van der Waals surface area (Å²) in [7, 11) is 0. The van der Waals surface area contributed by atoms with Crippen LogP contribution in [0, 0.1) is 19.9 Å². The molecule has 1 fully saturated rings. The van der Waals surface area contributed by atoms with E-state index in [1.165, 1.54) is 12.8 Å². The summed E-state index contributed by atoms with van der Waals surface area (Å²) < 4.78 is 0. The molecule has 3 rings (SSSR count). The standard InChI is InChI=1S/C24H29N3S.V/c1-4-5-15-25-24(26-20-10-13-22(28)14-11-20)23-17-21(12-9-18(23)2)27-16-7-6-8-19(27)3;/h5,9-11,13-15,17,19,28H,3-4,6-8,16H2,1-2H3,(H,25,26);/q-2;+2/b15-5+;. The zero-order valence-electron chi connectivity index (χ0n) is 17.2. The van der Waals surface area contributed by atoms with Crippen molar-refractivity contribution in [3.05, 3.63) is 72.8 Å². The van der Waals surface area contributed by atoms with E-state index >= 15 is 0 Å². The molecule has 1 aliphatic rings. The molecular formula is C24H29N3SV. The largest absolute Gasteiger partial charge is 2.00 e. The van der Waals surface area contributed by atoms with Crippen LogP contribution in [0.1, 0.15) is 43.7 Å². The van der Waals surface area contributed by atoms with Crippen molar-refractivity contribution in [2.75, 3.05) is 16.8 Å². The van der Waals surface area contributed by atoms with Crippen molar-refractivity contribution < 1.29 is 18.6 Å². The van der Waals surface area contributed by atoms with Gasteiger partial charge in [-0.15, -0.1) is 24.3 Å². The summed E-state index contributed by atoms with van der Waals surface area (Å²) in [4.78, 5) is 8.03. The number of aliphatic imine (C=N–C) groups is 1. The third kappa shape index (κ3) is 6.43. The number of piperidine rings is 1. The number of amidine groups is 1. The van der Waals surface area contributed by atoms with Gasteiger partial charge in [0, 0.05) is 23.3 Å². The average Bonchev–Trinajstić information content (AvgIpc) is 2.70. The number of hydrogen-bond acceptors (Lipinski definition) is 3. The average molecular weight is 443 g/mol. The van der Waals surface area contributed by atoms with Crippen LogP contribution >= 0.6 is 12.6 Å². The van der Waals surface area contributed by atoms with Crippen molar-refractivity contribution >= 4 is 29.8 Å². The Kier molecular flexibility index (Phi) is 9.41. The molecule has 29 heavy (non-hydrogen) atoms. The van der Waals surface area contributed by atoms with Gasteiger partial charge in [-0.1, -0.05) is 50.1 Å². The molecule has 151 valence electrons. The van der Waals surface area contributed by atoms with Crippen molar-refractivity contribution in [3.63, 3.8) is 0 Å². The van der Waals surface area contributed by atoms with Crippen LogP contribution in [0.2, 0.25) is 0 Å². The number of allylic oxidation sites excluding steroid dienone is 1. The molecule has 1 heterocycles. The first kappa shape index (κ1) is 23.7. The van der Waals surface area contributed by atoms with Crippen LogP contribution in [0.15, 0.2) is 58.6 Å². The monoisotopic (exact) mass is 442 g/mol. The van der Waals surface area contributed by atoms with Crippen molar-refractivity contribution in [3.8, 4) is 0 Å². The minimum atomic E-state index is 0. The first-order chi connectivity index (χ1) is 13.6. The minimum absolute atomic E-state index is 0. The van der Waals surface area contributed by atoms with E-state index in [1.807, 2.05) is 30.5 Å². The van der Waals surface area contributed by atoms with Crippen LogP contribution in [0.25, 0.3) is 0 Å². The second kappa shape index (κ2) is 11.5. The van der Waals surface area contributed by atoms with E-state index in [0.29, 0.717) is 6.04 Å². The van der Waals surface area contributed by atoms with Crippen LogP contribution in [-0.2, 0) is 18.6 Å². The van der Waals surface area contributed by atoms with Gasteiger partial charge in [0.25, 0.3) is 0 Å². The van der Waals surface area contributed by atoms with E-state index in [2.05, 4.69) is 67.9 Å². The van der Waals surface area contributed by atoms with Crippen LogP contribution in [0.3, 0.4) is 0 Å². The first-order valence-corrected chi connectivity index (χ1v) is 10.4. The minimum Gasteiger partial charge on any atom is -0.420 e. The number of hydrogen-bond donors (Lipinski definition) is 2. The maximum absolute atomic E-state index is 4.73. The summed E-state index contributed by atoms with van der Waals surface area (Å²) >= 11 is 4.37. The topological polar surface area (TPSA) is 27.6 Å². The molecule has 0 amide bonds. The Morgan fingerprint density at radius 1 is 1.34 bits per heavy atom. The van der Waals surface area contributed by atoms with Gasteiger partial charge in [0.15, 0.2) is 0 Å². The van der Waals surface area contributed by atoms with Crippen molar-refractivity contribution in [1.29, 1.82) is 0 Å². The van der Waals surface area contributed by atoms with Gasteiger partial charge < -0.3 is 17.1 Å². The van der Waals surface area contributed by atoms with Gasteiger partial charge in [0.2, 0.25) is 0 Å². The smallest absolute Gasteiger partial charge is 0.420 e. The van der Waals surface area contributed by atoms with Crippen molar-refractivity contribution in [2.24, 2.45) is 4.99 Å². The first-order valence-electron chi connectivity index (χ1n) is 9.99. The number of nitrogens with one attached hydrogen (secondary N) is 1. The van der Waals surface area contributed by atoms with Gasteiger partial charge in [-0.25, -0.2) is 4.99 Å². The van der Waals surface area contributed by atoms with E-state index in [0.717, 1.165) is 52.6 Å². The Hall–Kier alpha value is -1.62. The summed E-state index contributed by atoms with van der Waals surface area (Å²) in [6.45, 7) is 9.57. The predicted molar refractivity (Wildman–Crippen MR) is 124 cm³/mol. The second-order valence-electron chi connectivity index (χ2n) is 7.20. The van der Waals surface area contributed by atoms with Gasteiger partial charge in [-0.05, 0) is 37.1 Å². The molecule has 0 bridgehead atoms. The number of aryl methyl sites for hydroxylation is 1. The molecule has 1 aliphatic heterocycles. The molecule has 2 aromatic rings. The molecule has 1 atom stereocenters. The third-order valence-corrected chi connectivity index (χ3v) is 5.31. The van der Waals surface area contributed by atoms with E-state index in [-0.39, 0.29) is 18.6 Å². The summed E-state index contributed by atoms with van der Waals surface area (Å²) in [6, 6.07) is 16.0. The summed E-state index contributed by atoms with van der Waals surface area (Å²) in [6.07, 6.45) is 8.47. The fourth-order valence-corrected chi connectivity index (χ4v) is 3.52. The third-order valence-electron chi connectivity index (χ3n) is 5.01. The Balaban J connectivity index is 0.00000300. The summed E-state index contributed by atoms with van der Waals surface area (Å²) in [5.41, 5.74) is 4.31. The van der Waals surface area contributed by atoms with Crippen molar-refractivity contribution in [2.45, 2.75) is 50.5 Å². The molecule has 0 aromatic heterocycles. The van der Waals surface area contributed by atoms with Crippen LogP contribution < -0.4 is 10.2 Å². The van der Waals surface area contributed by atoms with Crippen molar-refractivity contribution in [1.82, 2.24) is 0 Å². The number of thiol groups is 1. The molecule has 1 unspecified atom stereocenters. The zero-order valence-corrected chi connectivity index (χ0v) is 19.5. The Morgan fingerprint density at radius 2 is 2.10 bits per heavy atom. The molecule has 3 nitrogen and oxygen atoms in total. The van der Waals surface area contributed by atoms with Crippen LogP contribution in [0.4, 0.5) is 11.4 Å². The van der Waals surface area contributed by atoms with Gasteiger partial charge in [-0.3, -0.25) is 0 Å². The van der Waals surface area contributed by atoms with E-state index in [1.54, 1.807) is 0 Å². The molecule has 0 spiro atoms. The fraction of sp³-hybridized carbons (Fsp3) is 0.333. The predicted octanol–water partition coefficient (Wildman–Crippen LogP) is 6.06. The Labute approximate surface area is 193 Å². The van der Waals surface area contributed by atoms with Gasteiger partial charge in [0.05, 0.1) is 0 Å². The molecule has 0 aliphatic carbocycles. The quantitative estimate of drug-likeness (QED) is 0.255. The fourth-order valence-electron chi connectivity index (χ4n) is 3.37. The number of anilines is 2. The maximum atomic E-state index is 4.73. The van der Waals surface area contributed by atoms with E-state index < -0.39 is 0 Å².